The highest BCUT2D eigenvalue weighted by molar-refractivity contribution is 5.98. The zero-order valence-electron chi connectivity index (χ0n) is 17.4. The first-order valence-electron chi connectivity index (χ1n) is 9.81. The van der Waals surface area contributed by atoms with Crippen molar-refractivity contribution in [2.45, 2.75) is 46.2 Å². The summed E-state index contributed by atoms with van der Waals surface area (Å²) in [6, 6.07) is 10.4. The molecular weight excluding hydrogens is 366 g/mol. The first-order chi connectivity index (χ1) is 13.8. The zero-order valence-corrected chi connectivity index (χ0v) is 17.4. The fourth-order valence-corrected chi connectivity index (χ4v) is 4.19. The Morgan fingerprint density at radius 1 is 1.14 bits per heavy atom. The van der Waals surface area contributed by atoms with Crippen LogP contribution in [-0.4, -0.2) is 31.5 Å². The molecule has 2 aromatic heterocycles. The second-order valence-corrected chi connectivity index (χ2v) is 7.74. The molecule has 0 unspecified atom stereocenters. The molecule has 3 aromatic rings. The van der Waals surface area contributed by atoms with Crippen LogP contribution in [0, 0.1) is 13.8 Å². The molecule has 0 spiro atoms. The predicted molar refractivity (Wildman–Crippen MR) is 112 cm³/mol. The smallest absolute Gasteiger partial charge is 0.267 e. The van der Waals surface area contributed by atoms with E-state index in [9.17, 15) is 9.59 Å². The van der Waals surface area contributed by atoms with Crippen molar-refractivity contribution in [1.29, 1.82) is 0 Å². The van der Waals surface area contributed by atoms with Crippen LogP contribution in [0.1, 0.15) is 36.8 Å². The van der Waals surface area contributed by atoms with Crippen molar-refractivity contribution in [2.24, 2.45) is 7.05 Å². The Balaban J connectivity index is 1.73. The average molecular weight is 391 g/mol. The third kappa shape index (κ3) is 3.06. The van der Waals surface area contributed by atoms with Gasteiger partial charge < -0.3 is 4.90 Å². The van der Waals surface area contributed by atoms with E-state index in [1.165, 1.54) is 10.7 Å². The van der Waals surface area contributed by atoms with Gasteiger partial charge in [0.2, 0.25) is 0 Å². The van der Waals surface area contributed by atoms with Gasteiger partial charge in [0, 0.05) is 36.1 Å². The van der Waals surface area contributed by atoms with E-state index in [-0.39, 0.29) is 17.5 Å². The van der Waals surface area contributed by atoms with Crippen LogP contribution < -0.4 is 10.5 Å². The first kappa shape index (κ1) is 19.1. The number of hydrogen-bond donors (Lipinski definition) is 0. The lowest BCUT2D eigenvalue weighted by Crippen LogP contribution is -2.42. The normalized spacial score (nSPS) is 16.7. The van der Waals surface area contributed by atoms with Crippen molar-refractivity contribution in [3.8, 4) is 11.3 Å². The van der Waals surface area contributed by atoms with Crippen LogP contribution in [0.25, 0.3) is 11.3 Å². The molecule has 0 bridgehead atoms. The Morgan fingerprint density at radius 2 is 1.86 bits per heavy atom. The molecule has 0 saturated heterocycles. The van der Waals surface area contributed by atoms with Crippen molar-refractivity contribution in [3.63, 3.8) is 0 Å². The number of amides is 1. The molecule has 29 heavy (non-hydrogen) atoms. The Bertz CT molecular complexity index is 1160. The quantitative estimate of drug-likeness (QED) is 0.688. The zero-order chi connectivity index (χ0) is 20.9. The SMILES string of the molecule is Cc1nn(C)c(C)c1-c1ccc(=O)n([C@@H](C)C(=O)N2c3ccccc3C[C@H]2C)n1. The van der Waals surface area contributed by atoms with E-state index in [4.69, 9.17) is 0 Å². The van der Waals surface area contributed by atoms with Crippen LogP contribution in [0.3, 0.4) is 0 Å². The summed E-state index contributed by atoms with van der Waals surface area (Å²) >= 11 is 0. The van der Waals surface area contributed by atoms with E-state index in [1.807, 2.05) is 52.1 Å². The van der Waals surface area contributed by atoms with Gasteiger partial charge in [-0.05, 0) is 51.8 Å². The highest BCUT2D eigenvalue weighted by atomic mass is 16.2. The molecule has 2 atom stereocenters. The van der Waals surface area contributed by atoms with Gasteiger partial charge in [-0.2, -0.15) is 10.2 Å². The minimum Gasteiger partial charge on any atom is -0.307 e. The number of carbonyl (C=O) groups is 1. The van der Waals surface area contributed by atoms with Gasteiger partial charge in [0.15, 0.2) is 0 Å². The fraction of sp³-hybridized carbons (Fsp3) is 0.364. The van der Waals surface area contributed by atoms with E-state index >= 15 is 0 Å². The Kier molecular flexibility index (Phi) is 4.61. The van der Waals surface area contributed by atoms with E-state index in [1.54, 1.807) is 22.6 Å². The van der Waals surface area contributed by atoms with Crippen molar-refractivity contribution in [1.82, 2.24) is 19.6 Å². The molecule has 1 amide bonds. The van der Waals surface area contributed by atoms with Crippen LogP contribution >= 0.6 is 0 Å². The summed E-state index contributed by atoms with van der Waals surface area (Å²) in [5.41, 5.74) is 5.10. The summed E-state index contributed by atoms with van der Waals surface area (Å²) < 4.78 is 3.08. The molecule has 7 nitrogen and oxygen atoms in total. The van der Waals surface area contributed by atoms with Crippen LogP contribution in [0.2, 0.25) is 0 Å². The van der Waals surface area contributed by atoms with E-state index < -0.39 is 6.04 Å². The van der Waals surface area contributed by atoms with E-state index in [0.717, 1.165) is 34.6 Å². The lowest BCUT2D eigenvalue weighted by Gasteiger charge is -2.26. The lowest BCUT2D eigenvalue weighted by atomic mass is 10.1. The highest BCUT2D eigenvalue weighted by Crippen LogP contribution is 2.33. The Hall–Kier alpha value is -3.22. The molecule has 0 fully saturated rings. The summed E-state index contributed by atoms with van der Waals surface area (Å²) in [4.78, 5) is 27.7. The van der Waals surface area contributed by atoms with E-state index in [2.05, 4.69) is 10.2 Å². The van der Waals surface area contributed by atoms with Gasteiger partial charge in [-0.3, -0.25) is 14.3 Å². The molecule has 1 aliphatic heterocycles. The number of para-hydroxylation sites is 1. The topological polar surface area (TPSA) is 73.0 Å². The molecule has 0 N–H and O–H groups in total. The molecule has 150 valence electrons. The van der Waals surface area contributed by atoms with Crippen LogP contribution in [0.5, 0.6) is 0 Å². The third-order valence-electron chi connectivity index (χ3n) is 5.76. The number of aryl methyl sites for hydroxylation is 2. The van der Waals surface area contributed by atoms with Gasteiger partial charge in [0.05, 0.1) is 11.4 Å². The molecule has 3 heterocycles. The number of fused-ring (bicyclic) bond motifs is 1. The van der Waals surface area contributed by atoms with Gasteiger partial charge in [-0.15, -0.1) is 0 Å². The van der Waals surface area contributed by atoms with Crippen molar-refractivity contribution in [2.75, 3.05) is 4.90 Å². The summed E-state index contributed by atoms with van der Waals surface area (Å²) in [5, 5.41) is 8.99. The minimum absolute atomic E-state index is 0.0454. The molecule has 0 saturated carbocycles. The number of hydrogen-bond acceptors (Lipinski definition) is 4. The maximum Gasteiger partial charge on any atom is 0.267 e. The lowest BCUT2D eigenvalue weighted by molar-refractivity contribution is -0.121. The summed E-state index contributed by atoms with van der Waals surface area (Å²) in [5.74, 6) is -0.131. The second kappa shape index (κ2) is 6.99. The number of rotatable bonds is 3. The summed E-state index contributed by atoms with van der Waals surface area (Å²) in [7, 11) is 1.88. The Labute approximate surface area is 169 Å². The number of nitrogens with zero attached hydrogens (tertiary/aromatic N) is 5. The molecule has 4 rings (SSSR count). The molecule has 0 aliphatic carbocycles. The van der Waals surface area contributed by atoms with Gasteiger partial charge >= 0.3 is 0 Å². The van der Waals surface area contributed by atoms with E-state index in [0.29, 0.717) is 5.69 Å². The highest BCUT2D eigenvalue weighted by Gasteiger charge is 2.34. The number of aromatic nitrogens is 4. The molecule has 1 aromatic carbocycles. The number of anilines is 1. The average Bonchev–Trinajstić information content (AvgIpc) is 3.16. The third-order valence-corrected chi connectivity index (χ3v) is 5.76. The standard InChI is InChI=1S/C22H25N5O2/c1-13-12-17-8-6-7-9-19(17)26(13)22(29)16(4)27-20(28)11-10-18(24-27)21-14(2)23-25(5)15(21)3/h6-11,13,16H,12H2,1-5H3/t13-,16+/m1/s1. The maximum atomic E-state index is 13.4. The summed E-state index contributed by atoms with van der Waals surface area (Å²) in [6.45, 7) is 7.64. The van der Waals surface area contributed by atoms with Crippen LogP contribution in [0.4, 0.5) is 5.69 Å². The van der Waals surface area contributed by atoms with Gasteiger partial charge in [0.1, 0.15) is 6.04 Å². The maximum absolute atomic E-state index is 13.4. The molecule has 7 heteroatoms. The van der Waals surface area contributed by atoms with Gasteiger partial charge in [0.25, 0.3) is 11.5 Å². The molecule has 1 aliphatic rings. The van der Waals surface area contributed by atoms with Gasteiger partial charge in [-0.25, -0.2) is 4.68 Å². The fourth-order valence-electron chi connectivity index (χ4n) is 4.19. The number of carbonyl (C=O) groups excluding carboxylic acids is 1. The minimum atomic E-state index is -0.715. The van der Waals surface area contributed by atoms with Crippen LogP contribution in [0.15, 0.2) is 41.2 Å². The second-order valence-electron chi connectivity index (χ2n) is 7.74. The molecule has 0 radical (unpaired) electrons. The van der Waals surface area contributed by atoms with Crippen molar-refractivity contribution < 1.29 is 4.79 Å². The van der Waals surface area contributed by atoms with Gasteiger partial charge in [-0.1, -0.05) is 18.2 Å². The summed E-state index contributed by atoms with van der Waals surface area (Å²) in [6.07, 6.45) is 0.811. The monoisotopic (exact) mass is 391 g/mol. The van der Waals surface area contributed by atoms with Crippen molar-refractivity contribution in [3.05, 3.63) is 63.7 Å². The van der Waals surface area contributed by atoms with Crippen molar-refractivity contribution >= 4 is 11.6 Å². The van der Waals surface area contributed by atoms with Crippen LogP contribution in [-0.2, 0) is 18.3 Å². The predicted octanol–water partition coefficient (Wildman–Crippen LogP) is 2.80. The number of benzene rings is 1. The Morgan fingerprint density at radius 3 is 2.55 bits per heavy atom. The molecular formula is C22H25N5O2. The largest absolute Gasteiger partial charge is 0.307 e. The first-order valence-corrected chi connectivity index (χ1v) is 9.81.